The van der Waals surface area contributed by atoms with Gasteiger partial charge in [0.15, 0.2) is 0 Å². The number of pyridine rings is 2. The van der Waals surface area contributed by atoms with Crippen molar-refractivity contribution in [1.29, 1.82) is 0 Å². The van der Waals surface area contributed by atoms with E-state index in [-0.39, 0.29) is 0 Å². The van der Waals surface area contributed by atoms with Crippen molar-refractivity contribution in [2.75, 3.05) is 5.32 Å². The molecule has 0 aliphatic rings. The summed E-state index contributed by atoms with van der Waals surface area (Å²) < 4.78 is 0. The van der Waals surface area contributed by atoms with Crippen molar-refractivity contribution in [3.8, 4) is 0 Å². The van der Waals surface area contributed by atoms with Gasteiger partial charge in [0, 0.05) is 35.5 Å². The molecule has 0 saturated heterocycles. The fourth-order valence-electron chi connectivity index (χ4n) is 2.16. The van der Waals surface area contributed by atoms with Crippen LogP contribution >= 0.6 is 11.6 Å². The largest absolute Gasteiger partial charge is 0.379 e. The van der Waals surface area contributed by atoms with Gasteiger partial charge in [-0.2, -0.15) is 0 Å². The van der Waals surface area contributed by atoms with E-state index >= 15 is 0 Å². The minimum Gasteiger partial charge on any atom is -0.379 e. The first kappa shape index (κ1) is 12.9. The maximum absolute atomic E-state index is 6.16. The molecule has 0 atom stereocenters. The van der Waals surface area contributed by atoms with E-state index in [1.54, 1.807) is 12.4 Å². The summed E-state index contributed by atoms with van der Waals surface area (Å²) in [5.74, 6) is 0. The zero-order chi connectivity index (χ0) is 13.9. The molecule has 0 aliphatic heterocycles. The lowest BCUT2D eigenvalue weighted by molar-refractivity contribution is 1.08. The average molecular weight is 284 g/mol. The molecule has 0 bridgehead atoms. The summed E-state index contributed by atoms with van der Waals surface area (Å²) in [4.78, 5) is 8.58. The van der Waals surface area contributed by atoms with Crippen LogP contribution in [0.4, 0.5) is 5.69 Å². The first-order valence-corrected chi connectivity index (χ1v) is 6.79. The van der Waals surface area contributed by atoms with E-state index in [0.29, 0.717) is 11.6 Å². The van der Waals surface area contributed by atoms with Crippen LogP contribution in [0.15, 0.2) is 48.9 Å². The highest BCUT2D eigenvalue weighted by molar-refractivity contribution is 6.31. The Bertz CT molecular complexity index is 756. The monoisotopic (exact) mass is 283 g/mol. The molecular formula is C16H14ClN3. The van der Waals surface area contributed by atoms with Gasteiger partial charge in [-0.1, -0.05) is 17.7 Å². The van der Waals surface area contributed by atoms with Crippen LogP contribution in [0.1, 0.15) is 11.1 Å². The highest BCUT2D eigenvalue weighted by Gasteiger charge is 2.05. The second kappa shape index (κ2) is 5.47. The summed E-state index contributed by atoms with van der Waals surface area (Å²) in [7, 11) is 0. The number of rotatable bonds is 3. The molecule has 20 heavy (non-hydrogen) atoms. The smallest absolute Gasteiger partial charge is 0.0934 e. The maximum atomic E-state index is 6.16. The van der Waals surface area contributed by atoms with Crippen LogP contribution in [-0.2, 0) is 6.54 Å². The van der Waals surface area contributed by atoms with Crippen molar-refractivity contribution in [1.82, 2.24) is 9.97 Å². The summed E-state index contributed by atoms with van der Waals surface area (Å²) in [6, 6.07) is 9.75. The SMILES string of the molecule is Cc1ccncc1CNc1cc(Cl)cc2cccnc12. The van der Waals surface area contributed by atoms with Gasteiger partial charge in [0.1, 0.15) is 0 Å². The minimum atomic E-state index is 0.700. The molecule has 1 N–H and O–H groups in total. The number of aromatic nitrogens is 2. The number of anilines is 1. The summed E-state index contributed by atoms with van der Waals surface area (Å²) in [5.41, 5.74) is 4.25. The fraction of sp³-hybridized carbons (Fsp3) is 0.125. The van der Waals surface area contributed by atoms with E-state index in [1.165, 1.54) is 5.56 Å². The number of hydrogen-bond donors (Lipinski definition) is 1. The zero-order valence-corrected chi connectivity index (χ0v) is 11.9. The van der Waals surface area contributed by atoms with Gasteiger partial charge < -0.3 is 5.32 Å². The molecule has 3 aromatic rings. The highest BCUT2D eigenvalue weighted by Crippen LogP contribution is 2.26. The van der Waals surface area contributed by atoms with Crippen molar-refractivity contribution in [3.05, 3.63) is 65.1 Å². The molecule has 0 fully saturated rings. The number of nitrogens with zero attached hydrogens (tertiary/aromatic N) is 2. The molecule has 2 heterocycles. The lowest BCUT2D eigenvalue weighted by atomic mass is 10.1. The Morgan fingerprint density at radius 1 is 1.20 bits per heavy atom. The van der Waals surface area contributed by atoms with Gasteiger partial charge in [-0.15, -0.1) is 0 Å². The number of hydrogen-bond acceptors (Lipinski definition) is 3. The van der Waals surface area contributed by atoms with E-state index in [1.807, 2.05) is 36.5 Å². The van der Waals surface area contributed by atoms with E-state index in [0.717, 1.165) is 22.2 Å². The average Bonchev–Trinajstić information content (AvgIpc) is 2.46. The van der Waals surface area contributed by atoms with Gasteiger partial charge in [-0.25, -0.2) is 0 Å². The van der Waals surface area contributed by atoms with Crippen LogP contribution in [0.5, 0.6) is 0 Å². The lowest BCUT2D eigenvalue weighted by Gasteiger charge is -2.11. The molecule has 0 radical (unpaired) electrons. The van der Waals surface area contributed by atoms with Crippen molar-refractivity contribution >= 4 is 28.2 Å². The van der Waals surface area contributed by atoms with Crippen LogP contribution < -0.4 is 5.32 Å². The molecule has 1 aromatic carbocycles. The molecular weight excluding hydrogens is 270 g/mol. The van der Waals surface area contributed by atoms with Crippen molar-refractivity contribution in [3.63, 3.8) is 0 Å². The van der Waals surface area contributed by atoms with E-state index in [9.17, 15) is 0 Å². The Kier molecular flexibility index (Phi) is 3.52. The Labute approximate surface area is 122 Å². The van der Waals surface area contributed by atoms with Gasteiger partial charge in [-0.3, -0.25) is 9.97 Å². The maximum Gasteiger partial charge on any atom is 0.0934 e. The second-order valence-electron chi connectivity index (χ2n) is 4.68. The van der Waals surface area contributed by atoms with Crippen molar-refractivity contribution in [2.45, 2.75) is 13.5 Å². The molecule has 3 rings (SSSR count). The molecule has 2 aromatic heterocycles. The summed E-state index contributed by atoms with van der Waals surface area (Å²) in [6.07, 6.45) is 5.47. The predicted molar refractivity (Wildman–Crippen MR) is 83.1 cm³/mol. The van der Waals surface area contributed by atoms with E-state index in [2.05, 4.69) is 22.2 Å². The van der Waals surface area contributed by atoms with Gasteiger partial charge in [0.2, 0.25) is 0 Å². The van der Waals surface area contributed by atoms with Crippen molar-refractivity contribution < 1.29 is 0 Å². The fourth-order valence-corrected chi connectivity index (χ4v) is 2.39. The summed E-state index contributed by atoms with van der Waals surface area (Å²) in [5, 5.41) is 5.14. The Morgan fingerprint density at radius 3 is 2.95 bits per heavy atom. The minimum absolute atomic E-state index is 0.700. The van der Waals surface area contributed by atoms with Crippen LogP contribution in [0.3, 0.4) is 0 Å². The molecule has 3 nitrogen and oxygen atoms in total. The third kappa shape index (κ3) is 2.58. The summed E-state index contributed by atoms with van der Waals surface area (Å²) in [6.45, 7) is 2.78. The quantitative estimate of drug-likeness (QED) is 0.783. The highest BCUT2D eigenvalue weighted by atomic mass is 35.5. The normalized spacial score (nSPS) is 10.7. The number of fused-ring (bicyclic) bond motifs is 1. The lowest BCUT2D eigenvalue weighted by Crippen LogP contribution is -2.02. The Morgan fingerprint density at radius 2 is 2.10 bits per heavy atom. The molecule has 100 valence electrons. The van der Waals surface area contributed by atoms with E-state index in [4.69, 9.17) is 11.6 Å². The standard InChI is InChI=1S/C16H14ClN3/c1-11-4-6-18-9-13(11)10-20-15-8-14(17)7-12-3-2-5-19-16(12)15/h2-9,20H,10H2,1H3. The predicted octanol–water partition coefficient (Wildman–Crippen LogP) is 4.20. The molecule has 0 unspecified atom stereocenters. The first-order valence-electron chi connectivity index (χ1n) is 6.42. The molecule has 4 heteroatoms. The van der Waals surface area contributed by atoms with E-state index < -0.39 is 0 Å². The Balaban J connectivity index is 1.93. The first-order chi connectivity index (χ1) is 9.74. The summed E-state index contributed by atoms with van der Waals surface area (Å²) >= 11 is 6.16. The third-order valence-corrected chi connectivity index (χ3v) is 3.50. The number of halogens is 1. The molecule has 0 aliphatic carbocycles. The molecule has 0 saturated carbocycles. The van der Waals surface area contributed by atoms with Gasteiger partial charge in [0.25, 0.3) is 0 Å². The van der Waals surface area contributed by atoms with Crippen LogP contribution in [0.2, 0.25) is 5.02 Å². The number of nitrogens with one attached hydrogen (secondary N) is 1. The topological polar surface area (TPSA) is 37.8 Å². The van der Waals surface area contributed by atoms with Crippen molar-refractivity contribution in [2.24, 2.45) is 0 Å². The number of benzene rings is 1. The van der Waals surface area contributed by atoms with Gasteiger partial charge in [0.05, 0.1) is 11.2 Å². The van der Waals surface area contributed by atoms with Crippen LogP contribution in [0, 0.1) is 6.92 Å². The second-order valence-corrected chi connectivity index (χ2v) is 5.12. The van der Waals surface area contributed by atoms with Crippen LogP contribution in [-0.4, -0.2) is 9.97 Å². The number of aryl methyl sites for hydroxylation is 1. The molecule has 0 spiro atoms. The zero-order valence-electron chi connectivity index (χ0n) is 11.1. The third-order valence-electron chi connectivity index (χ3n) is 3.29. The van der Waals surface area contributed by atoms with Crippen LogP contribution in [0.25, 0.3) is 10.9 Å². The Hall–Kier alpha value is -2.13. The van der Waals surface area contributed by atoms with Gasteiger partial charge >= 0.3 is 0 Å². The molecule has 0 amide bonds. The van der Waals surface area contributed by atoms with Gasteiger partial charge in [-0.05, 0) is 42.3 Å².